The second-order valence-corrected chi connectivity index (χ2v) is 3.04. The number of nitrogens with two attached hydrogens (primary N) is 1. The molecular weight excluding hydrogens is 214 g/mol. The average Bonchev–Trinajstić information content (AvgIpc) is 2.07. The number of phenols is 1. The highest BCUT2D eigenvalue weighted by molar-refractivity contribution is 5.31. The van der Waals surface area contributed by atoms with E-state index in [1.54, 1.807) is 0 Å². The van der Waals surface area contributed by atoms with Gasteiger partial charge in [0.05, 0.1) is 5.92 Å². The Labute approximate surface area is 83.3 Å². The van der Waals surface area contributed by atoms with Gasteiger partial charge >= 0.3 is 6.18 Å². The summed E-state index contributed by atoms with van der Waals surface area (Å²) >= 11 is 0. The lowest BCUT2D eigenvalue weighted by atomic mass is 9.98. The van der Waals surface area contributed by atoms with E-state index in [-0.39, 0.29) is 0 Å². The summed E-state index contributed by atoms with van der Waals surface area (Å²) in [5, 5.41) is 8.84. The molecule has 0 aliphatic rings. The standard InChI is InChI=1S/C9H9F4NO/c10-8-3-5(15)1-2-6(8)7(4-14)9(11,12)13/h1-3,7,15H,4,14H2. The van der Waals surface area contributed by atoms with Crippen LogP contribution in [0.15, 0.2) is 18.2 Å². The number of phenolic OH excluding ortho intramolecular Hbond substituents is 1. The van der Waals surface area contributed by atoms with Gasteiger partial charge in [-0.2, -0.15) is 13.2 Å². The summed E-state index contributed by atoms with van der Waals surface area (Å²) in [6.45, 7) is -0.731. The summed E-state index contributed by atoms with van der Waals surface area (Å²) in [7, 11) is 0. The molecule has 1 rings (SSSR count). The van der Waals surface area contributed by atoms with E-state index in [1.807, 2.05) is 0 Å². The number of aromatic hydroxyl groups is 1. The molecular formula is C9H9F4NO. The molecule has 0 amide bonds. The summed E-state index contributed by atoms with van der Waals surface area (Å²) in [6, 6.07) is 2.51. The number of hydrogen-bond acceptors (Lipinski definition) is 2. The second kappa shape index (κ2) is 4.06. The van der Waals surface area contributed by atoms with E-state index in [1.165, 1.54) is 0 Å². The zero-order valence-electron chi connectivity index (χ0n) is 7.55. The van der Waals surface area contributed by atoms with Gasteiger partial charge in [0.15, 0.2) is 0 Å². The number of halogens is 4. The van der Waals surface area contributed by atoms with Crippen LogP contribution in [0.3, 0.4) is 0 Å². The molecule has 84 valence electrons. The maximum atomic E-state index is 13.1. The van der Waals surface area contributed by atoms with Gasteiger partial charge in [-0.05, 0) is 6.07 Å². The minimum Gasteiger partial charge on any atom is -0.508 e. The fourth-order valence-corrected chi connectivity index (χ4v) is 1.24. The van der Waals surface area contributed by atoms with E-state index in [0.29, 0.717) is 6.07 Å². The minimum absolute atomic E-state index is 0.422. The van der Waals surface area contributed by atoms with Crippen LogP contribution in [0.2, 0.25) is 0 Å². The third-order valence-electron chi connectivity index (χ3n) is 1.99. The molecule has 2 nitrogen and oxygen atoms in total. The number of alkyl halides is 3. The van der Waals surface area contributed by atoms with Crippen LogP contribution in [0.4, 0.5) is 17.6 Å². The van der Waals surface area contributed by atoms with Crippen molar-refractivity contribution in [3.05, 3.63) is 29.6 Å². The molecule has 1 aromatic rings. The third kappa shape index (κ3) is 2.59. The molecule has 1 unspecified atom stereocenters. The van der Waals surface area contributed by atoms with E-state index in [0.717, 1.165) is 12.1 Å². The first-order chi connectivity index (χ1) is 6.86. The summed E-state index contributed by atoms with van der Waals surface area (Å²) in [4.78, 5) is 0. The molecule has 0 fully saturated rings. The Balaban J connectivity index is 3.13. The molecule has 3 N–H and O–H groups in total. The number of benzene rings is 1. The molecule has 0 aliphatic heterocycles. The van der Waals surface area contributed by atoms with E-state index in [4.69, 9.17) is 10.8 Å². The van der Waals surface area contributed by atoms with Crippen LogP contribution in [0.1, 0.15) is 11.5 Å². The van der Waals surface area contributed by atoms with Crippen LogP contribution in [0.25, 0.3) is 0 Å². The van der Waals surface area contributed by atoms with Gasteiger partial charge in [0, 0.05) is 18.2 Å². The average molecular weight is 223 g/mol. The lowest BCUT2D eigenvalue weighted by molar-refractivity contribution is -0.148. The molecule has 0 aliphatic carbocycles. The van der Waals surface area contributed by atoms with Crippen LogP contribution in [0, 0.1) is 5.82 Å². The topological polar surface area (TPSA) is 46.2 Å². The molecule has 0 bridgehead atoms. The van der Waals surface area contributed by atoms with Crippen LogP contribution in [-0.2, 0) is 0 Å². The van der Waals surface area contributed by atoms with Crippen LogP contribution < -0.4 is 5.73 Å². The highest BCUT2D eigenvalue weighted by Crippen LogP contribution is 2.35. The van der Waals surface area contributed by atoms with Crippen molar-refractivity contribution in [2.75, 3.05) is 6.54 Å². The number of hydrogen-bond donors (Lipinski definition) is 2. The zero-order valence-corrected chi connectivity index (χ0v) is 7.55. The normalized spacial score (nSPS) is 13.9. The van der Waals surface area contributed by atoms with Gasteiger partial charge in [0.1, 0.15) is 11.6 Å². The Morgan fingerprint density at radius 1 is 1.33 bits per heavy atom. The maximum absolute atomic E-state index is 13.1. The zero-order chi connectivity index (χ0) is 11.6. The maximum Gasteiger partial charge on any atom is 0.397 e. The van der Waals surface area contributed by atoms with Crippen LogP contribution >= 0.6 is 0 Å². The van der Waals surface area contributed by atoms with Gasteiger partial charge in [-0.3, -0.25) is 0 Å². The molecule has 0 heterocycles. The summed E-state index contributed by atoms with van der Waals surface area (Å²) in [6.07, 6.45) is -4.59. The highest BCUT2D eigenvalue weighted by Gasteiger charge is 2.41. The van der Waals surface area contributed by atoms with Crippen molar-refractivity contribution in [1.82, 2.24) is 0 Å². The highest BCUT2D eigenvalue weighted by atomic mass is 19.4. The fourth-order valence-electron chi connectivity index (χ4n) is 1.24. The Morgan fingerprint density at radius 2 is 1.93 bits per heavy atom. The predicted octanol–water partition coefficient (Wildman–Crippen LogP) is 2.14. The van der Waals surface area contributed by atoms with Crippen LogP contribution in [-0.4, -0.2) is 17.8 Å². The molecule has 0 radical (unpaired) electrons. The first-order valence-electron chi connectivity index (χ1n) is 4.11. The Hall–Kier alpha value is -1.30. The smallest absolute Gasteiger partial charge is 0.397 e. The van der Waals surface area contributed by atoms with Crippen molar-refractivity contribution in [3.8, 4) is 5.75 Å². The molecule has 0 aromatic heterocycles. The Kier molecular flexibility index (Phi) is 3.18. The van der Waals surface area contributed by atoms with Gasteiger partial charge in [0.25, 0.3) is 0 Å². The first kappa shape index (κ1) is 11.8. The van der Waals surface area contributed by atoms with Crippen molar-refractivity contribution >= 4 is 0 Å². The summed E-state index contributed by atoms with van der Waals surface area (Å²) < 4.78 is 50.2. The molecule has 15 heavy (non-hydrogen) atoms. The quantitative estimate of drug-likeness (QED) is 0.754. The lowest BCUT2D eigenvalue weighted by Gasteiger charge is -2.19. The molecule has 0 saturated carbocycles. The SMILES string of the molecule is NCC(c1ccc(O)cc1F)C(F)(F)F. The largest absolute Gasteiger partial charge is 0.508 e. The Morgan fingerprint density at radius 3 is 2.33 bits per heavy atom. The van der Waals surface area contributed by atoms with Crippen molar-refractivity contribution in [2.24, 2.45) is 5.73 Å². The fraction of sp³-hybridized carbons (Fsp3) is 0.333. The molecule has 0 spiro atoms. The molecule has 6 heteroatoms. The van der Waals surface area contributed by atoms with E-state index in [2.05, 4.69) is 0 Å². The van der Waals surface area contributed by atoms with Gasteiger partial charge in [-0.1, -0.05) is 6.07 Å². The van der Waals surface area contributed by atoms with Gasteiger partial charge in [-0.25, -0.2) is 4.39 Å². The monoisotopic (exact) mass is 223 g/mol. The molecule has 1 atom stereocenters. The van der Waals surface area contributed by atoms with Crippen molar-refractivity contribution < 1.29 is 22.7 Å². The van der Waals surface area contributed by atoms with E-state index >= 15 is 0 Å². The van der Waals surface area contributed by atoms with E-state index < -0.39 is 35.8 Å². The first-order valence-corrected chi connectivity index (χ1v) is 4.11. The van der Waals surface area contributed by atoms with Crippen molar-refractivity contribution in [3.63, 3.8) is 0 Å². The van der Waals surface area contributed by atoms with Gasteiger partial charge in [-0.15, -0.1) is 0 Å². The van der Waals surface area contributed by atoms with Crippen LogP contribution in [0.5, 0.6) is 5.75 Å². The van der Waals surface area contributed by atoms with E-state index in [9.17, 15) is 17.6 Å². The van der Waals surface area contributed by atoms with Crippen molar-refractivity contribution in [1.29, 1.82) is 0 Å². The predicted molar refractivity (Wildman–Crippen MR) is 45.9 cm³/mol. The molecule has 1 aromatic carbocycles. The minimum atomic E-state index is -4.59. The Bertz CT molecular complexity index is 350. The third-order valence-corrected chi connectivity index (χ3v) is 1.99. The number of rotatable bonds is 2. The van der Waals surface area contributed by atoms with Crippen molar-refractivity contribution in [2.45, 2.75) is 12.1 Å². The van der Waals surface area contributed by atoms with Gasteiger partial charge in [0.2, 0.25) is 0 Å². The second-order valence-electron chi connectivity index (χ2n) is 3.04. The lowest BCUT2D eigenvalue weighted by Crippen LogP contribution is -2.28. The molecule has 0 saturated heterocycles. The summed E-state index contributed by atoms with van der Waals surface area (Å²) in [5.41, 5.74) is 4.40. The van der Waals surface area contributed by atoms with Gasteiger partial charge < -0.3 is 10.8 Å². The summed E-state index contributed by atoms with van der Waals surface area (Å²) in [5.74, 6) is -3.57.